The van der Waals surface area contributed by atoms with Crippen LogP contribution < -0.4 is 11.1 Å². The zero-order valence-electron chi connectivity index (χ0n) is 8.51. The molecule has 2 aromatic rings. The van der Waals surface area contributed by atoms with Gasteiger partial charge in [0.1, 0.15) is 27.4 Å². The highest BCUT2D eigenvalue weighted by atomic mass is 79.9. The topological polar surface area (TPSA) is 76.7 Å². The van der Waals surface area contributed by atoms with Crippen molar-refractivity contribution in [1.82, 2.24) is 15.0 Å². The fourth-order valence-corrected chi connectivity index (χ4v) is 2.16. The molecule has 0 fully saturated rings. The summed E-state index contributed by atoms with van der Waals surface area (Å²) in [6.07, 6.45) is 3.21. The number of hydrogen-bond acceptors (Lipinski definition) is 6. The monoisotopic (exact) mass is 299 g/mol. The lowest BCUT2D eigenvalue weighted by molar-refractivity contribution is 0.857. The van der Waals surface area contributed by atoms with Crippen LogP contribution in [0, 0.1) is 0 Å². The van der Waals surface area contributed by atoms with Crippen molar-refractivity contribution in [2.45, 2.75) is 13.0 Å². The van der Waals surface area contributed by atoms with Gasteiger partial charge >= 0.3 is 0 Å². The molecule has 2 aromatic heterocycles. The van der Waals surface area contributed by atoms with Crippen LogP contribution in [0.3, 0.4) is 0 Å². The van der Waals surface area contributed by atoms with Gasteiger partial charge in [0.15, 0.2) is 0 Å². The number of hydrogen-bond donors (Lipinski definition) is 2. The maximum Gasteiger partial charge on any atom is 0.146 e. The van der Waals surface area contributed by atoms with E-state index in [1.54, 1.807) is 17.5 Å². The number of nitrogen functional groups attached to an aromatic ring is 1. The highest BCUT2D eigenvalue weighted by molar-refractivity contribution is 9.10. The first-order valence-electron chi connectivity index (χ1n) is 4.60. The van der Waals surface area contributed by atoms with Gasteiger partial charge in [0.25, 0.3) is 0 Å². The Morgan fingerprint density at radius 3 is 2.94 bits per heavy atom. The van der Waals surface area contributed by atoms with Gasteiger partial charge in [0.05, 0.1) is 6.04 Å². The van der Waals surface area contributed by atoms with Gasteiger partial charge in [-0.3, -0.25) is 0 Å². The molecule has 3 N–H and O–H groups in total. The molecular weight excluding hydrogens is 290 g/mol. The summed E-state index contributed by atoms with van der Waals surface area (Å²) >= 11 is 4.94. The fourth-order valence-electron chi connectivity index (χ4n) is 1.20. The van der Waals surface area contributed by atoms with Crippen molar-refractivity contribution in [3.8, 4) is 0 Å². The van der Waals surface area contributed by atoms with Gasteiger partial charge in [-0.1, -0.05) is 0 Å². The lowest BCUT2D eigenvalue weighted by Crippen LogP contribution is -2.09. The molecule has 7 heteroatoms. The number of halogens is 1. The maximum absolute atomic E-state index is 5.66. The van der Waals surface area contributed by atoms with Crippen molar-refractivity contribution in [1.29, 1.82) is 0 Å². The summed E-state index contributed by atoms with van der Waals surface area (Å²) in [6, 6.07) is 0.0885. The molecule has 0 bridgehead atoms. The lowest BCUT2D eigenvalue weighted by atomic mass is 10.3. The van der Waals surface area contributed by atoms with Crippen LogP contribution in [0.4, 0.5) is 11.6 Å². The van der Waals surface area contributed by atoms with Gasteiger partial charge < -0.3 is 11.1 Å². The first-order valence-corrected chi connectivity index (χ1v) is 6.27. The first-order chi connectivity index (χ1) is 7.68. The zero-order valence-corrected chi connectivity index (χ0v) is 10.9. The minimum absolute atomic E-state index is 0.0885. The van der Waals surface area contributed by atoms with Crippen LogP contribution in [-0.4, -0.2) is 15.0 Å². The molecule has 0 saturated carbocycles. The minimum atomic E-state index is 0.0885. The summed E-state index contributed by atoms with van der Waals surface area (Å²) in [6.45, 7) is 2.02. The predicted molar refractivity (Wildman–Crippen MR) is 68.3 cm³/mol. The van der Waals surface area contributed by atoms with Gasteiger partial charge in [0.2, 0.25) is 0 Å². The third kappa shape index (κ3) is 2.30. The van der Waals surface area contributed by atoms with Crippen molar-refractivity contribution in [3.63, 3.8) is 0 Å². The Kier molecular flexibility index (Phi) is 3.35. The highest BCUT2D eigenvalue weighted by Crippen LogP contribution is 2.27. The van der Waals surface area contributed by atoms with Crippen molar-refractivity contribution in [2.75, 3.05) is 11.1 Å². The minimum Gasteiger partial charge on any atom is -0.383 e. The molecule has 5 nitrogen and oxygen atoms in total. The molecule has 0 aliphatic rings. The second-order valence-corrected chi connectivity index (χ2v) is 4.88. The first kappa shape index (κ1) is 11.3. The van der Waals surface area contributed by atoms with Crippen LogP contribution in [-0.2, 0) is 0 Å². The quantitative estimate of drug-likeness (QED) is 0.910. The van der Waals surface area contributed by atoms with Gasteiger partial charge in [0, 0.05) is 11.6 Å². The van der Waals surface area contributed by atoms with E-state index in [0.717, 1.165) is 5.01 Å². The van der Waals surface area contributed by atoms with Gasteiger partial charge in [-0.05, 0) is 22.9 Å². The molecule has 84 valence electrons. The van der Waals surface area contributed by atoms with E-state index in [2.05, 4.69) is 36.2 Å². The molecule has 2 rings (SSSR count). The molecule has 0 saturated heterocycles. The fraction of sp³-hybridized carbons (Fsp3) is 0.222. The molecule has 0 aromatic carbocycles. The van der Waals surface area contributed by atoms with Crippen LogP contribution in [0.1, 0.15) is 18.0 Å². The molecular formula is C9H10BrN5S. The normalized spacial score (nSPS) is 12.4. The van der Waals surface area contributed by atoms with Crippen LogP contribution in [0.5, 0.6) is 0 Å². The third-order valence-electron chi connectivity index (χ3n) is 1.99. The lowest BCUT2D eigenvalue weighted by Gasteiger charge is -2.13. The molecule has 1 unspecified atom stereocenters. The maximum atomic E-state index is 5.66. The molecule has 0 aliphatic heterocycles. The molecule has 0 spiro atoms. The number of thiazole rings is 1. The SMILES string of the molecule is CC(Nc1ncnc(N)c1Br)c1nccs1. The second kappa shape index (κ2) is 4.75. The van der Waals surface area contributed by atoms with Crippen molar-refractivity contribution in [3.05, 3.63) is 27.4 Å². The van der Waals surface area contributed by atoms with E-state index in [9.17, 15) is 0 Å². The Morgan fingerprint density at radius 1 is 1.44 bits per heavy atom. The van der Waals surface area contributed by atoms with Gasteiger partial charge in [-0.2, -0.15) is 0 Å². The van der Waals surface area contributed by atoms with Crippen LogP contribution in [0.2, 0.25) is 0 Å². The van der Waals surface area contributed by atoms with Gasteiger partial charge in [-0.15, -0.1) is 11.3 Å². The molecule has 1 atom stereocenters. The summed E-state index contributed by atoms with van der Waals surface area (Å²) < 4.78 is 0.679. The summed E-state index contributed by atoms with van der Waals surface area (Å²) in [4.78, 5) is 12.2. The van der Waals surface area contributed by atoms with Gasteiger partial charge in [-0.25, -0.2) is 15.0 Å². The summed E-state index contributed by atoms with van der Waals surface area (Å²) in [5, 5.41) is 6.17. The Labute approximate surface area is 105 Å². The van der Waals surface area contributed by atoms with E-state index in [1.807, 2.05) is 12.3 Å². The van der Waals surface area contributed by atoms with Crippen molar-refractivity contribution >= 4 is 38.9 Å². The number of aromatic nitrogens is 3. The second-order valence-electron chi connectivity index (χ2n) is 3.16. The van der Waals surface area contributed by atoms with E-state index in [1.165, 1.54) is 6.33 Å². The van der Waals surface area contributed by atoms with E-state index >= 15 is 0 Å². The zero-order chi connectivity index (χ0) is 11.5. The Morgan fingerprint density at radius 2 is 2.25 bits per heavy atom. The number of rotatable bonds is 3. The molecule has 16 heavy (non-hydrogen) atoms. The number of anilines is 2. The van der Waals surface area contributed by atoms with E-state index in [-0.39, 0.29) is 6.04 Å². The summed E-state index contributed by atoms with van der Waals surface area (Å²) in [7, 11) is 0. The highest BCUT2D eigenvalue weighted by Gasteiger charge is 2.12. The van der Waals surface area contributed by atoms with Crippen molar-refractivity contribution < 1.29 is 0 Å². The average Bonchev–Trinajstić information content (AvgIpc) is 2.78. The molecule has 0 amide bonds. The standard InChI is InChI=1S/C9H10BrN5S/c1-5(9-12-2-3-16-9)15-8-6(10)7(11)13-4-14-8/h2-5H,1H3,(H3,11,13,14,15). The third-order valence-corrected chi connectivity index (χ3v) is 3.73. The summed E-state index contributed by atoms with van der Waals surface area (Å²) in [5.41, 5.74) is 5.66. The average molecular weight is 300 g/mol. The largest absolute Gasteiger partial charge is 0.383 e. The predicted octanol–water partition coefficient (Wildman–Crippen LogP) is 2.45. The molecule has 0 radical (unpaired) electrons. The Hall–Kier alpha value is -1.21. The molecule has 2 heterocycles. The van der Waals surface area contributed by atoms with E-state index < -0.39 is 0 Å². The smallest absolute Gasteiger partial charge is 0.146 e. The van der Waals surface area contributed by atoms with Crippen LogP contribution >= 0.6 is 27.3 Å². The Balaban J connectivity index is 2.18. The van der Waals surface area contributed by atoms with Crippen LogP contribution in [0.15, 0.2) is 22.4 Å². The number of nitrogens with one attached hydrogen (secondary N) is 1. The van der Waals surface area contributed by atoms with Crippen molar-refractivity contribution in [2.24, 2.45) is 0 Å². The Bertz CT molecular complexity index is 473. The molecule has 0 aliphatic carbocycles. The number of nitrogens with two attached hydrogens (primary N) is 1. The number of nitrogens with zero attached hydrogens (tertiary/aromatic N) is 3. The van der Waals surface area contributed by atoms with Crippen LogP contribution in [0.25, 0.3) is 0 Å². The van der Waals surface area contributed by atoms with E-state index in [0.29, 0.717) is 16.1 Å². The van der Waals surface area contributed by atoms with E-state index in [4.69, 9.17) is 5.73 Å². The summed E-state index contributed by atoms with van der Waals surface area (Å²) in [5.74, 6) is 1.10.